The second kappa shape index (κ2) is 8.14. The molecule has 0 spiro atoms. The number of hydrogen-bond donors (Lipinski definition) is 3. The minimum absolute atomic E-state index is 0.417. The number of nitrogens with zero attached hydrogens (tertiary/aromatic N) is 1. The van der Waals surface area contributed by atoms with Crippen LogP contribution in [0.15, 0.2) is 59.6 Å². The minimum Gasteiger partial charge on any atom is -0.386 e. The van der Waals surface area contributed by atoms with Crippen LogP contribution in [0.5, 0.6) is 0 Å². The summed E-state index contributed by atoms with van der Waals surface area (Å²) in [5, 5.41) is 18.1. The van der Waals surface area contributed by atoms with Gasteiger partial charge in [-0.25, -0.2) is 0 Å². The Hall–Kier alpha value is -2.37. The molecule has 0 aliphatic carbocycles. The second-order valence-electron chi connectivity index (χ2n) is 5.94. The number of rotatable bonds is 5. The van der Waals surface area contributed by atoms with E-state index in [-0.39, 0.29) is 0 Å². The van der Waals surface area contributed by atoms with E-state index in [0.717, 1.165) is 4.88 Å². The molecule has 3 aromatic rings. The van der Waals surface area contributed by atoms with Crippen LogP contribution in [-0.4, -0.2) is 24.7 Å². The molecule has 0 saturated carbocycles. The number of benzene rings is 2. The number of nitrogens with one attached hydrogen (secondary N) is 2. The maximum atomic E-state index is 10.5. The molecule has 2 aromatic carbocycles. The predicted octanol–water partition coefficient (Wildman–Crippen LogP) is 3.61. The number of aliphatic imine (C=N–C) groups is 1. The van der Waals surface area contributed by atoms with Crippen molar-refractivity contribution in [1.82, 2.24) is 10.6 Å². The Bertz CT molecular complexity index is 839. The van der Waals surface area contributed by atoms with Gasteiger partial charge in [-0.05, 0) is 35.6 Å². The monoisotopic (exact) mass is 353 g/mol. The number of hydrogen-bond acceptors (Lipinski definition) is 3. The minimum atomic E-state index is -0.561. The number of thiophene rings is 1. The van der Waals surface area contributed by atoms with Gasteiger partial charge >= 0.3 is 0 Å². The van der Waals surface area contributed by atoms with Crippen molar-refractivity contribution in [3.05, 3.63) is 70.6 Å². The molecule has 5 heteroatoms. The second-order valence-corrected chi connectivity index (χ2v) is 7.05. The summed E-state index contributed by atoms with van der Waals surface area (Å²) in [6.07, 6.45) is -0.561. The van der Waals surface area contributed by atoms with Crippen molar-refractivity contribution in [3.63, 3.8) is 0 Å². The molecule has 3 rings (SSSR count). The van der Waals surface area contributed by atoms with E-state index in [1.54, 1.807) is 18.4 Å². The Morgan fingerprint density at radius 2 is 1.88 bits per heavy atom. The molecule has 0 radical (unpaired) electrons. The van der Waals surface area contributed by atoms with E-state index in [1.165, 1.54) is 21.2 Å². The van der Waals surface area contributed by atoms with Crippen LogP contribution in [-0.2, 0) is 6.54 Å². The van der Waals surface area contributed by atoms with Gasteiger partial charge in [0.25, 0.3) is 0 Å². The molecule has 4 nitrogen and oxygen atoms in total. The molecule has 0 bridgehead atoms. The van der Waals surface area contributed by atoms with E-state index in [2.05, 4.69) is 52.9 Å². The van der Waals surface area contributed by atoms with E-state index in [9.17, 15) is 5.11 Å². The van der Waals surface area contributed by atoms with E-state index < -0.39 is 6.10 Å². The van der Waals surface area contributed by atoms with Crippen molar-refractivity contribution >= 4 is 27.4 Å². The summed E-state index contributed by atoms with van der Waals surface area (Å²) in [7, 11) is 1.74. The Labute approximate surface area is 152 Å². The highest BCUT2D eigenvalue weighted by Crippen LogP contribution is 2.29. The van der Waals surface area contributed by atoms with Crippen molar-refractivity contribution in [2.75, 3.05) is 13.6 Å². The maximum Gasteiger partial charge on any atom is 0.191 e. The average molecular weight is 353 g/mol. The van der Waals surface area contributed by atoms with Crippen molar-refractivity contribution in [2.24, 2.45) is 4.99 Å². The van der Waals surface area contributed by atoms with Gasteiger partial charge in [-0.2, -0.15) is 0 Å². The molecule has 0 aliphatic rings. The van der Waals surface area contributed by atoms with Crippen molar-refractivity contribution in [2.45, 2.75) is 19.6 Å². The summed E-state index contributed by atoms with van der Waals surface area (Å²) in [6, 6.07) is 18.5. The van der Waals surface area contributed by atoms with Gasteiger partial charge in [0.2, 0.25) is 0 Å². The molecule has 1 heterocycles. The number of aliphatic hydroxyl groups excluding tert-OH is 1. The van der Waals surface area contributed by atoms with E-state index in [0.29, 0.717) is 19.0 Å². The van der Waals surface area contributed by atoms with Crippen LogP contribution in [0.1, 0.15) is 22.1 Å². The summed E-state index contributed by atoms with van der Waals surface area (Å²) in [5.74, 6) is 0.684. The Morgan fingerprint density at radius 3 is 2.64 bits per heavy atom. The number of aryl methyl sites for hydroxylation is 1. The fourth-order valence-electron chi connectivity index (χ4n) is 2.67. The first-order valence-corrected chi connectivity index (χ1v) is 9.14. The predicted molar refractivity (Wildman–Crippen MR) is 106 cm³/mol. The molecule has 0 saturated heterocycles. The Morgan fingerprint density at radius 1 is 1.12 bits per heavy atom. The van der Waals surface area contributed by atoms with Crippen LogP contribution in [0.3, 0.4) is 0 Å². The largest absolute Gasteiger partial charge is 0.386 e. The lowest BCUT2D eigenvalue weighted by Gasteiger charge is -2.15. The molecule has 0 fully saturated rings. The number of fused-ring (bicyclic) bond motifs is 1. The molecule has 25 heavy (non-hydrogen) atoms. The van der Waals surface area contributed by atoms with Gasteiger partial charge in [-0.3, -0.25) is 4.99 Å². The number of aliphatic hydroxyl groups is 1. The first-order valence-electron chi connectivity index (χ1n) is 8.33. The third kappa shape index (κ3) is 4.38. The highest BCUT2D eigenvalue weighted by Gasteiger charge is 2.12. The molecular formula is C20H23N3OS. The van der Waals surface area contributed by atoms with Crippen LogP contribution in [0.25, 0.3) is 10.1 Å². The Balaban J connectivity index is 1.56. The third-order valence-corrected chi connectivity index (χ3v) is 5.38. The van der Waals surface area contributed by atoms with Crippen molar-refractivity contribution < 1.29 is 5.11 Å². The standard InChI is InChI=1S/C20H23N3OS/c1-14-7-3-4-9-16(14)12-22-20(21-2)23-13-17(24)19-11-15-8-5-6-10-18(15)25-19/h3-11,17,24H,12-13H2,1-2H3,(H2,21,22,23). The smallest absolute Gasteiger partial charge is 0.191 e. The first-order chi connectivity index (χ1) is 12.2. The summed E-state index contributed by atoms with van der Waals surface area (Å²) >= 11 is 1.63. The van der Waals surface area contributed by atoms with Crippen molar-refractivity contribution in [3.8, 4) is 0 Å². The average Bonchev–Trinajstić information content (AvgIpc) is 3.07. The molecule has 0 aliphatic heterocycles. The van der Waals surface area contributed by atoms with Gasteiger partial charge in [0.15, 0.2) is 5.96 Å². The first kappa shape index (κ1) is 17.5. The van der Waals surface area contributed by atoms with E-state index >= 15 is 0 Å². The molecule has 3 N–H and O–H groups in total. The lowest BCUT2D eigenvalue weighted by atomic mass is 10.1. The summed E-state index contributed by atoms with van der Waals surface area (Å²) < 4.78 is 1.19. The molecule has 130 valence electrons. The zero-order valence-electron chi connectivity index (χ0n) is 14.5. The van der Waals surface area contributed by atoms with Crippen molar-refractivity contribution in [1.29, 1.82) is 0 Å². The van der Waals surface area contributed by atoms with Gasteiger partial charge in [-0.1, -0.05) is 42.5 Å². The third-order valence-electron chi connectivity index (χ3n) is 4.17. The summed E-state index contributed by atoms with van der Waals surface area (Å²) in [5.41, 5.74) is 2.48. The quantitative estimate of drug-likeness (QED) is 0.485. The van der Waals surface area contributed by atoms with Gasteiger partial charge < -0.3 is 15.7 Å². The molecular weight excluding hydrogens is 330 g/mol. The van der Waals surface area contributed by atoms with Crippen LogP contribution < -0.4 is 10.6 Å². The molecule has 0 amide bonds. The maximum absolute atomic E-state index is 10.5. The summed E-state index contributed by atoms with van der Waals surface area (Å²) in [4.78, 5) is 5.19. The van der Waals surface area contributed by atoms with E-state index in [4.69, 9.17) is 0 Å². The van der Waals surface area contributed by atoms with Gasteiger partial charge in [0.05, 0.1) is 0 Å². The normalized spacial score (nSPS) is 13.0. The van der Waals surface area contributed by atoms with Crippen LogP contribution >= 0.6 is 11.3 Å². The molecule has 1 aromatic heterocycles. The zero-order chi connectivity index (χ0) is 17.6. The SMILES string of the molecule is CN=C(NCc1ccccc1C)NCC(O)c1cc2ccccc2s1. The number of guanidine groups is 1. The van der Waals surface area contributed by atoms with Crippen LogP contribution in [0, 0.1) is 6.92 Å². The zero-order valence-corrected chi connectivity index (χ0v) is 15.3. The van der Waals surface area contributed by atoms with Gasteiger partial charge in [0, 0.05) is 29.7 Å². The molecule has 1 unspecified atom stereocenters. The Kier molecular flexibility index (Phi) is 5.68. The van der Waals surface area contributed by atoms with Crippen LogP contribution in [0.4, 0.5) is 0 Å². The topological polar surface area (TPSA) is 56.7 Å². The lowest BCUT2D eigenvalue weighted by Crippen LogP contribution is -2.39. The van der Waals surface area contributed by atoms with Gasteiger partial charge in [-0.15, -0.1) is 11.3 Å². The van der Waals surface area contributed by atoms with E-state index in [1.807, 2.05) is 24.3 Å². The fraction of sp³-hybridized carbons (Fsp3) is 0.250. The lowest BCUT2D eigenvalue weighted by molar-refractivity contribution is 0.184. The summed E-state index contributed by atoms with van der Waals surface area (Å²) in [6.45, 7) is 3.21. The fourth-order valence-corrected chi connectivity index (χ4v) is 3.72. The highest BCUT2D eigenvalue weighted by atomic mass is 32.1. The van der Waals surface area contributed by atoms with Crippen LogP contribution in [0.2, 0.25) is 0 Å². The van der Waals surface area contributed by atoms with Gasteiger partial charge in [0.1, 0.15) is 6.10 Å². The highest BCUT2D eigenvalue weighted by molar-refractivity contribution is 7.19. The molecule has 1 atom stereocenters.